The van der Waals surface area contributed by atoms with E-state index in [0.29, 0.717) is 25.9 Å². The molecule has 0 saturated carbocycles. The van der Waals surface area contributed by atoms with E-state index in [0.717, 1.165) is 35.4 Å². The van der Waals surface area contributed by atoms with Crippen molar-refractivity contribution in [3.05, 3.63) is 82.3 Å². The fourth-order valence-electron chi connectivity index (χ4n) is 9.51. The van der Waals surface area contributed by atoms with Crippen molar-refractivity contribution in [3.63, 3.8) is 0 Å². The summed E-state index contributed by atoms with van der Waals surface area (Å²) in [7, 11) is 6.94. The predicted octanol–water partition coefficient (Wildman–Crippen LogP) is 7.60. The Balaban J connectivity index is 1.47. The maximum Gasteiger partial charge on any atom is 0.226 e. The third-order valence-electron chi connectivity index (χ3n) is 13.3. The van der Waals surface area contributed by atoms with Crippen LogP contribution in [-0.4, -0.2) is 120 Å². The number of nitrogens with one attached hydrogen (secondary N) is 1. The number of Topliss-reactive ketones (excluding diaryl/α,β-unsaturated/α-hetero) is 1. The third-order valence-corrected chi connectivity index (χ3v) is 14.2. The minimum Gasteiger partial charge on any atom is -0.508 e. The van der Waals surface area contributed by atoms with Crippen LogP contribution >= 0.6 is 11.3 Å². The molecular formula is C50H75N5O7S. The Morgan fingerprint density at radius 3 is 2.17 bits per heavy atom. The number of aromatic hydroxyl groups is 1. The zero-order valence-electron chi connectivity index (χ0n) is 39.7. The van der Waals surface area contributed by atoms with Crippen LogP contribution in [0.1, 0.15) is 103 Å². The number of rotatable bonds is 25. The highest BCUT2D eigenvalue weighted by Gasteiger charge is 2.43. The van der Waals surface area contributed by atoms with E-state index in [-0.39, 0.29) is 78.0 Å². The summed E-state index contributed by atoms with van der Waals surface area (Å²) in [4.78, 5) is 67.5. The number of aromatic nitrogens is 1. The SMILES string of the molecule is CC[C@H](C)[C@@H]([C@@H](CC(=O)N1CCC[C@H]1[C@H](OC)[C@@H](C)C(=O)N[C@@H](Cc1ccccc1)c1nccs1)OC)N(C)C(=O)[C@@H](CC(=O)[C@H](C(C)C)N(C)CCc1ccc(O)cc1)C(C)C. The number of hydrogen-bond donors (Lipinski definition) is 2. The van der Waals surface area contributed by atoms with E-state index in [1.807, 2.05) is 94.4 Å². The van der Waals surface area contributed by atoms with Crippen LogP contribution in [0.25, 0.3) is 0 Å². The number of benzene rings is 2. The van der Waals surface area contributed by atoms with Crippen molar-refractivity contribution in [2.75, 3.05) is 41.4 Å². The predicted molar refractivity (Wildman–Crippen MR) is 250 cm³/mol. The molecular weight excluding hydrogens is 815 g/mol. The fraction of sp³-hybridized carbons (Fsp3) is 0.620. The van der Waals surface area contributed by atoms with Gasteiger partial charge in [-0.2, -0.15) is 0 Å². The van der Waals surface area contributed by atoms with E-state index in [1.54, 1.807) is 44.5 Å². The standard InChI is InChI=1S/C50H75N5O7S/c1-12-34(6)46(54(9)50(60)39(32(2)3)30-42(57)45(33(4)5)53(8)27-24-36-20-22-38(56)23-21-36)43(61-10)31-44(58)55-26-16-19-41(55)47(62-11)35(7)48(59)52-40(49-51-25-28-63-49)29-37-17-14-13-15-18-37/h13-15,17-18,20-23,25,28,32-35,39-41,43,45-47,56H,12,16,19,24,26-27,29-31H2,1-11H3,(H,52,59)/t34-,35+,39-,40-,41-,43+,45-,46-,47+/m0/s1. The molecule has 12 nitrogen and oxygen atoms in total. The number of amides is 3. The van der Waals surface area contributed by atoms with Gasteiger partial charge in [0.1, 0.15) is 10.8 Å². The minimum atomic E-state index is -0.612. The molecule has 1 saturated heterocycles. The highest BCUT2D eigenvalue weighted by Crippen LogP contribution is 2.32. The molecule has 0 bridgehead atoms. The van der Waals surface area contributed by atoms with Gasteiger partial charge in [0, 0.05) is 58.3 Å². The number of likely N-dealkylation sites (N-methyl/N-ethyl adjacent to an activating group) is 2. The minimum absolute atomic E-state index is 0.0128. The van der Waals surface area contributed by atoms with Crippen molar-refractivity contribution in [1.29, 1.82) is 0 Å². The van der Waals surface area contributed by atoms with E-state index < -0.39 is 30.1 Å². The van der Waals surface area contributed by atoms with Gasteiger partial charge in [0.25, 0.3) is 0 Å². The topological polar surface area (TPSA) is 142 Å². The van der Waals surface area contributed by atoms with Crippen molar-refractivity contribution < 1.29 is 33.8 Å². The average molecular weight is 890 g/mol. The second kappa shape index (κ2) is 24.8. The number of hydrogen-bond acceptors (Lipinski definition) is 10. The van der Waals surface area contributed by atoms with E-state index in [4.69, 9.17) is 9.47 Å². The lowest BCUT2D eigenvalue weighted by atomic mass is 9.83. The molecule has 63 heavy (non-hydrogen) atoms. The molecule has 1 aromatic heterocycles. The van der Waals surface area contributed by atoms with Gasteiger partial charge in [0.05, 0.1) is 48.7 Å². The number of likely N-dealkylation sites (tertiary alicyclic amines) is 1. The van der Waals surface area contributed by atoms with Gasteiger partial charge in [-0.3, -0.25) is 24.1 Å². The number of ether oxygens (including phenoxy) is 2. The van der Waals surface area contributed by atoms with Crippen LogP contribution in [0.5, 0.6) is 5.75 Å². The number of ketones is 1. The molecule has 1 aliphatic heterocycles. The van der Waals surface area contributed by atoms with Crippen LogP contribution in [0, 0.1) is 29.6 Å². The molecule has 9 atom stereocenters. The smallest absolute Gasteiger partial charge is 0.226 e. The van der Waals surface area contributed by atoms with Crippen molar-refractivity contribution in [3.8, 4) is 5.75 Å². The summed E-state index contributed by atoms with van der Waals surface area (Å²) in [6.45, 7) is 15.2. The Morgan fingerprint density at radius 2 is 1.60 bits per heavy atom. The number of carbonyl (C=O) groups excluding carboxylic acids is 4. The maximum absolute atomic E-state index is 14.6. The quantitative estimate of drug-likeness (QED) is 0.0880. The summed E-state index contributed by atoms with van der Waals surface area (Å²) in [5.74, 6) is -1.36. The Hall–Kier alpha value is -4.17. The van der Waals surface area contributed by atoms with Crippen LogP contribution in [0.3, 0.4) is 0 Å². The van der Waals surface area contributed by atoms with E-state index in [1.165, 1.54) is 11.3 Å². The summed E-state index contributed by atoms with van der Waals surface area (Å²) >= 11 is 1.51. The highest BCUT2D eigenvalue weighted by atomic mass is 32.1. The first kappa shape index (κ1) is 51.5. The molecule has 2 heterocycles. The van der Waals surface area contributed by atoms with Crippen molar-refractivity contribution in [2.45, 2.75) is 130 Å². The van der Waals surface area contributed by atoms with Crippen LogP contribution < -0.4 is 5.32 Å². The summed E-state index contributed by atoms with van der Waals surface area (Å²) in [5.41, 5.74) is 2.16. The third kappa shape index (κ3) is 13.9. The molecule has 2 N–H and O–H groups in total. The first-order valence-electron chi connectivity index (χ1n) is 22.9. The maximum atomic E-state index is 14.6. The van der Waals surface area contributed by atoms with Gasteiger partial charge in [-0.05, 0) is 73.7 Å². The van der Waals surface area contributed by atoms with Crippen molar-refractivity contribution in [1.82, 2.24) is 25.0 Å². The summed E-state index contributed by atoms with van der Waals surface area (Å²) in [6.07, 6.45) is 4.27. The Bertz CT molecular complexity index is 1860. The molecule has 3 aromatic rings. The largest absolute Gasteiger partial charge is 0.508 e. The Labute approximate surface area is 381 Å². The number of thiazole rings is 1. The van der Waals surface area contributed by atoms with Crippen LogP contribution in [-0.2, 0) is 41.5 Å². The van der Waals surface area contributed by atoms with E-state index in [2.05, 4.69) is 29.0 Å². The lowest BCUT2D eigenvalue weighted by molar-refractivity contribution is -0.149. The normalized spacial score (nSPS) is 18.1. The van der Waals surface area contributed by atoms with Crippen LogP contribution in [0.2, 0.25) is 0 Å². The number of nitrogens with zero attached hydrogens (tertiary/aromatic N) is 4. The average Bonchev–Trinajstić information content (AvgIpc) is 3.99. The number of phenols is 1. The number of carbonyl (C=O) groups is 4. The summed E-state index contributed by atoms with van der Waals surface area (Å²) < 4.78 is 12.2. The van der Waals surface area contributed by atoms with Gasteiger partial charge >= 0.3 is 0 Å². The molecule has 1 aliphatic rings. The highest BCUT2D eigenvalue weighted by molar-refractivity contribution is 7.09. The molecule has 2 aromatic carbocycles. The Morgan fingerprint density at radius 1 is 0.921 bits per heavy atom. The molecule has 1 fully saturated rings. The van der Waals surface area contributed by atoms with Crippen LogP contribution in [0.4, 0.5) is 0 Å². The molecule has 0 unspecified atom stereocenters. The molecule has 348 valence electrons. The Kier molecular flexibility index (Phi) is 20.2. The first-order chi connectivity index (χ1) is 30.0. The van der Waals surface area contributed by atoms with Crippen molar-refractivity contribution >= 4 is 34.8 Å². The summed E-state index contributed by atoms with van der Waals surface area (Å²) in [5, 5.41) is 15.7. The van der Waals surface area contributed by atoms with E-state index in [9.17, 15) is 24.3 Å². The van der Waals surface area contributed by atoms with Gasteiger partial charge in [0.2, 0.25) is 17.7 Å². The van der Waals surface area contributed by atoms with Crippen molar-refractivity contribution in [2.24, 2.45) is 29.6 Å². The zero-order chi connectivity index (χ0) is 46.4. The molecule has 0 radical (unpaired) electrons. The fourth-order valence-corrected chi connectivity index (χ4v) is 10.2. The molecule has 0 spiro atoms. The second-order valence-electron chi connectivity index (χ2n) is 18.3. The molecule has 4 rings (SSSR count). The molecule has 0 aliphatic carbocycles. The van der Waals surface area contributed by atoms with Gasteiger partial charge < -0.3 is 29.7 Å². The van der Waals surface area contributed by atoms with Gasteiger partial charge in [-0.15, -0.1) is 11.3 Å². The lowest BCUT2D eigenvalue weighted by Crippen LogP contribution is -2.54. The van der Waals surface area contributed by atoms with Gasteiger partial charge in [-0.25, -0.2) is 4.98 Å². The van der Waals surface area contributed by atoms with Gasteiger partial charge in [0.15, 0.2) is 5.78 Å². The number of methoxy groups -OCH3 is 2. The molecule has 13 heteroatoms. The first-order valence-corrected chi connectivity index (χ1v) is 23.8. The van der Waals surface area contributed by atoms with Gasteiger partial charge in [-0.1, -0.05) is 97.4 Å². The lowest BCUT2D eigenvalue weighted by Gasteiger charge is -2.41. The zero-order valence-corrected chi connectivity index (χ0v) is 40.5. The second-order valence-corrected chi connectivity index (χ2v) is 19.2. The molecule has 3 amide bonds. The van der Waals surface area contributed by atoms with Crippen LogP contribution in [0.15, 0.2) is 66.2 Å². The number of phenolic OH excluding ortho intramolecular Hbond substituents is 1. The monoisotopic (exact) mass is 890 g/mol. The van der Waals surface area contributed by atoms with E-state index >= 15 is 0 Å². The summed E-state index contributed by atoms with van der Waals surface area (Å²) in [6, 6.07) is 15.7.